The fourth-order valence-electron chi connectivity index (χ4n) is 4.12. The van der Waals surface area contributed by atoms with E-state index in [1.165, 1.54) is 23.9 Å². The molecule has 1 N–H and O–H groups in total. The van der Waals surface area contributed by atoms with E-state index in [0.717, 1.165) is 40.8 Å². The van der Waals surface area contributed by atoms with Crippen molar-refractivity contribution in [2.24, 2.45) is 0 Å². The number of hydrogen-bond donors (Lipinski definition) is 1. The molecular weight excluding hydrogens is 426 g/mol. The molecule has 0 saturated heterocycles. The normalized spacial score (nSPS) is 17.5. The van der Waals surface area contributed by atoms with Crippen molar-refractivity contribution in [2.75, 3.05) is 5.32 Å². The number of carbonyl (C=O) groups excluding carboxylic acids is 1. The second-order valence-corrected chi connectivity index (χ2v) is 8.92. The fourth-order valence-corrected chi connectivity index (χ4v) is 4.90. The van der Waals surface area contributed by atoms with Crippen LogP contribution in [-0.2, 0) is 10.5 Å². The van der Waals surface area contributed by atoms with Crippen LogP contribution in [0.25, 0.3) is 0 Å². The van der Waals surface area contributed by atoms with Crippen LogP contribution in [0.15, 0.2) is 65.0 Å². The first kappa shape index (κ1) is 20.4. The molecule has 0 fully saturated rings. The van der Waals surface area contributed by atoms with E-state index in [1.807, 2.05) is 35.9 Å². The van der Waals surface area contributed by atoms with Crippen molar-refractivity contribution in [1.82, 2.24) is 14.8 Å². The van der Waals surface area contributed by atoms with Crippen LogP contribution in [0.2, 0.25) is 0 Å². The third-order valence-corrected chi connectivity index (χ3v) is 6.67. The van der Waals surface area contributed by atoms with Crippen molar-refractivity contribution in [1.29, 1.82) is 0 Å². The van der Waals surface area contributed by atoms with E-state index in [1.54, 1.807) is 12.1 Å². The van der Waals surface area contributed by atoms with Gasteiger partial charge in [0.05, 0.1) is 4.92 Å². The van der Waals surface area contributed by atoms with Gasteiger partial charge in [-0.2, -0.15) is 4.98 Å². The molecule has 0 saturated carbocycles. The van der Waals surface area contributed by atoms with Crippen molar-refractivity contribution in [2.45, 2.75) is 43.1 Å². The monoisotopic (exact) mass is 447 g/mol. The Morgan fingerprint density at radius 1 is 1.16 bits per heavy atom. The van der Waals surface area contributed by atoms with Gasteiger partial charge in [-0.1, -0.05) is 53.7 Å². The highest BCUT2D eigenvalue weighted by Crippen LogP contribution is 2.40. The number of benzene rings is 2. The van der Waals surface area contributed by atoms with E-state index >= 15 is 0 Å². The van der Waals surface area contributed by atoms with Crippen molar-refractivity contribution >= 4 is 29.2 Å². The lowest BCUT2D eigenvalue weighted by atomic mass is 9.85. The number of non-ortho nitro benzene ring substituents is 1. The zero-order valence-electron chi connectivity index (χ0n) is 17.4. The predicted octanol–water partition coefficient (Wildman–Crippen LogP) is 4.81. The quantitative estimate of drug-likeness (QED) is 0.340. The average Bonchev–Trinajstić information content (AvgIpc) is 3.20. The van der Waals surface area contributed by atoms with Gasteiger partial charge in [0.1, 0.15) is 6.04 Å². The largest absolute Gasteiger partial charge is 0.328 e. The SMILES string of the molecule is Cc1ccc(C2C3=C(CCCC3=O)Nc3nc(SCc4ccc([N+](=O)[O-])cc4)nn32)cc1. The number of nitro groups is 1. The molecule has 5 rings (SSSR count). The molecule has 1 aliphatic carbocycles. The lowest BCUT2D eigenvalue weighted by Gasteiger charge is -2.32. The van der Waals surface area contributed by atoms with Crippen LogP contribution < -0.4 is 5.32 Å². The van der Waals surface area contributed by atoms with Crippen LogP contribution >= 0.6 is 11.8 Å². The van der Waals surface area contributed by atoms with Crippen molar-refractivity contribution in [3.8, 4) is 0 Å². The van der Waals surface area contributed by atoms with Gasteiger partial charge in [0.25, 0.3) is 5.69 Å². The summed E-state index contributed by atoms with van der Waals surface area (Å²) in [4.78, 5) is 28.0. The molecule has 2 aliphatic rings. The predicted molar refractivity (Wildman–Crippen MR) is 122 cm³/mol. The molecule has 0 bridgehead atoms. The highest BCUT2D eigenvalue weighted by atomic mass is 32.2. The smallest absolute Gasteiger partial charge is 0.269 e. The van der Waals surface area contributed by atoms with Crippen LogP contribution in [0, 0.1) is 17.0 Å². The molecule has 1 aliphatic heterocycles. The molecule has 1 aromatic heterocycles. The lowest BCUT2D eigenvalue weighted by molar-refractivity contribution is -0.384. The first-order valence-corrected chi connectivity index (χ1v) is 11.4. The topological polar surface area (TPSA) is 103 Å². The highest BCUT2D eigenvalue weighted by molar-refractivity contribution is 7.98. The van der Waals surface area contributed by atoms with E-state index in [9.17, 15) is 14.9 Å². The number of hydrogen-bond acceptors (Lipinski definition) is 7. The lowest BCUT2D eigenvalue weighted by Crippen LogP contribution is -2.31. The minimum atomic E-state index is -0.408. The van der Waals surface area contributed by atoms with Crippen molar-refractivity contribution in [3.05, 3.63) is 86.6 Å². The van der Waals surface area contributed by atoms with Gasteiger partial charge in [-0.3, -0.25) is 14.9 Å². The molecule has 0 spiro atoms. The number of fused-ring (bicyclic) bond motifs is 1. The number of aryl methyl sites for hydroxylation is 1. The molecular formula is C23H21N5O3S. The van der Waals surface area contributed by atoms with Gasteiger partial charge >= 0.3 is 0 Å². The second kappa shape index (κ2) is 8.23. The standard InChI is InChI=1S/C23H21N5O3S/c1-14-5-9-16(10-6-14)21-20-18(3-2-4-19(20)29)24-22-25-23(26-27(21)22)32-13-15-7-11-17(12-8-15)28(30)31/h5-12,21H,2-4,13H2,1H3,(H,24,25,26). The van der Waals surface area contributed by atoms with E-state index in [0.29, 0.717) is 23.3 Å². The summed E-state index contributed by atoms with van der Waals surface area (Å²) in [5.41, 5.74) is 4.91. The first-order valence-electron chi connectivity index (χ1n) is 10.4. The summed E-state index contributed by atoms with van der Waals surface area (Å²) < 4.78 is 1.81. The highest BCUT2D eigenvalue weighted by Gasteiger charge is 2.36. The summed E-state index contributed by atoms with van der Waals surface area (Å²) in [6.45, 7) is 2.04. The Bertz CT molecular complexity index is 1230. The molecule has 32 heavy (non-hydrogen) atoms. The summed E-state index contributed by atoms with van der Waals surface area (Å²) in [5.74, 6) is 1.38. The number of nitrogens with zero attached hydrogens (tertiary/aromatic N) is 4. The van der Waals surface area contributed by atoms with Gasteiger partial charge in [0, 0.05) is 35.6 Å². The van der Waals surface area contributed by atoms with E-state index in [-0.39, 0.29) is 17.5 Å². The summed E-state index contributed by atoms with van der Waals surface area (Å²) >= 11 is 1.46. The third-order valence-electron chi connectivity index (χ3n) is 5.76. The number of nitrogens with one attached hydrogen (secondary N) is 1. The number of nitro benzene ring substituents is 1. The minimum absolute atomic E-state index is 0.0702. The Kier molecular flexibility index (Phi) is 5.26. The number of rotatable bonds is 5. The summed E-state index contributed by atoms with van der Waals surface area (Å²) in [6, 6.07) is 14.4. The first-order chi connectivity index (χ1) is 15.5. The van der Waals surface area contributed by atoms with Crippen LogP contribution in [0.1, 0.15) is 42.0 Å². The Morgan fingerprint density at radius 2 is 1.91 bits per heavy atom. The van der Waals surface area contributed by atoms with Crippen LogP contribution in [-0.4, -0.2) is 25.5 Å². The number of aromatic nitrogens is 3. The molecule has 8 nitrogen and oxygen atoms in total. The summed E-state index contributed by atoms with van der Waals surface area (Å²) in [7, 11) is 0. The number of carbonyl (C=O) groups is 1. The molecule has 2 heterocycles. The van der Waals surface area contributed by atoms with E-state index in [4.69, 9.17) is 5.10 Å². The van der Waals surface area contributed by atoms with E-state index in [2.05, 4.69) is 10.3 Å². The molecule has 9 heteroatoms. The van der Waals surface area contributed by atoms with Crippen LogP contribution in [0.5, 0.6) is 0 Å². The number of allylic oxidation sites excluding steroid dienone is 2. The van der Waals surface area contributed by atoms with Crippen molar-refractivity contribution in [3.63, 3.8) is 0 Å². The zero-order valence-corrected chi connectivity index (χ0v) is 18.3. The molecule has 1 atom stereocenters. The Balaban J connectivity index is 1.45. The maximum atomic E-state index is 12.9. The van der Waals surface area contributed by atoms with Crippen molar-refractivity contribution < 1.29 is 9.72 Å². The molecule has 2 aromatic carbocycles. The Labute approximate surface area is 188 Å². The van der Waals surface area contributed by atoms with Gasteiger partial charge in [0.2, 0.25) is 11.1 Å². The zero-order chi connectivity index (χ0) is 22.2. The fraction of sp³-hybridized carbons (Fsp3) is 0.261. The second-order valence-electron chi connectivity index (χ2n) is 7.98. The van der Waals surface area contributed by atoms with Gasteiger partial charge in [-0.15, -0.1) is 5.10 Å². The van der Waals surface area contributed by atoms with Gasteiger partial charge in [-0.25, -0.2) is 4.68 Å². The van der Waals surface area contributed by atoms with Crippen LogP contribution in [0.4, 0.5) is 11.6 Å². The number of anilines is 1. The maximum Gasteiger partial charge on any atom is 0.269 e. The average molecular weight is 448 g/mol. The van der Waals surface area contributed by atoms with E-state index < -0.39 is 4.92 Å². The maximum absolute atomic E-state index is 12.9. The summed E-state index contributed by atoms with van der Waals surface area (Å²) in [5, 5.41) is 19.5. The molecule has 1 unspecified atom stereocenters. The molecule has 162 valence electrons. The molecule has 0 radical (unpaired) electrons. The Hall–Kier alpha value is -3.46. The minimum Gasteiger partial charge on any atom is -0.328 e. The number of thioether (sulfide) groups is 1. The molecule has 0 amide bonds. The number of Topliss-reactive ketones (excluding diaryl/α,β-unsaturated/α-hetero) is 1. The van der Waals surface area contributed by atoms with Gasteiger partial charge < -0.3 is 5.32 Å². The third kappa shape index (κ3) is 3.80. The Morgan fingerprint density at radius 3 is 2.62 bits per heavy atom. The summed E-state index contributed by atoms with van der Waals surface area (Å²) in [6.07, 6.45) is 2.21. The van der Waals surface area contributed by atoms with Gasteiger partial charge in [0.15, 0.2) is 5.78 Å². The van der Waals surface area contributed by atoms with Gasteiger partial charge in [-0.05, 0) is 30.9 Å². The molecule has 3 aromatic rings. The number of ketones is 1. The van der Waals surface area contributed by atoms with Crippen LogP contribution in [0.3, 0.4) is 0 Å².